The number of aromatic nitrogens is 3. The maximum absolute atomic E-state index is 13.3. The van der Waals surface area contributed by atoms with Crippen LogP contribution in [0.1, 0.15) is 28.3 Å². The summed E-state index contributed by atoms with van der Waals surface area (Å²) in [6, 6.07) is 12.7. The van der Waals surface area contributed by atoms with Crippen molar-refractivity contribution in [3.63, 3.8) is 0 Å². The van der Waals surface area contributed by atoms with Crippen LogP contribution >= 0.6 is 11.6 Å². The number of alkyl halides is 4. The largest absolute Gasteiger partial charge is 0.416 e. The molecule has 1 aromatic heterocycles. The number of aliphatic imine (C=N–C) groups is 1. The summed E-state index contributed by atoms with van der Waals surface area (Å²) in [5, 5.41) is 8.10. The molecule has 0 fully saturated rings. The van der Waals surface area contributed by atoms with E-state index in [1.54, 1.807) is 4.57 Å². The fourth-order valence-electron chi connectivity index (χ4n) is 3.00. The van der Waals surface area contributed by atoms with Crippen molar-refractivity contribution in [2.75, 3.05) is 0 Å². The first-order chi connectivity index (χ1) is 12.5. The van der Waals surface area contributed by atoms with Gasteiger partial charge < -0.3 is 0 Å². The zero-order chi connectivity index (χ0) is 18.3. The van der Waals surface area contributed by atoms with E-state index >= 15 is 0 Å². The van der Waals surface area contributed by atoms with E-state index in [9.17, 15) is 13.2 Å². The minimum Gasteiger partial charge on any atom is -0.280 e. The molecule has 0 aliphatic carbocycles. The van der Waals surface area contributed by atoms with Gasteiger partial charge in [-0.2, -0.15) is 13.2 Å². The Morgan fingerprint density at radius 2 is 1.81 bits per heavy atom. The summed E-state index contributed by atoms with van der Waals surface area (Å²) in [5.41, 5.74) is 1.39. The molecule has 0 saturated heterocycles. The summed E-state index contributed by atoms with van der Waals surface area (Å²) < 4.78 is 41.5. The van der Waals surface area contributed by atoms with Crippen LogP contribution in [0.5, 0.6) is 0 Å². The van der Waals surface area contributed by atoms with Crippen LogP contribution in [0.25, 0.3) is 5.69 Å². The van der Waals surface area contributed by atoms with Gasteiger partial charge in [0.05, 0.1) is 22.8 Å². The summed E-state index contributed by atoms with van der Waals surface area (Å²) in [6.07, 6.45) is -4.45. The molecule has 8 heteroatoms. The first-order valence-corrected chi connectivity index (χ1v) is 8.33. The topological polar surface area (TPSA) is 43.1 Å². The van der Waals surface area contributed by atoms with Crippen molar-refractivity contribution in [2.45, 2.75) is 18.6 Å². The minimum absolute atomic E-state index is 0.0914. The second kappa shape index (κ2) is 6.25. The van der Waals surface area contributed by atoms with E-state index in [1.807, 2.05) is 30.3 Å². The first-order valence-electron chi connectivity index (χ1n) is 7.80. The van der Waals surface area contributed by atoms with Gasteiger partial charge >= 0.3 is 6.18 Å². The molecule has 0 atom stereocenters. The lowest BCUT2D eigenvalue weighted by molar-refractivity contribution is -0.137. The highest BCUT2D eigenvalue weighted by Crippen LogP contribution is 2.34. The van der Waals surface area contributed by atoms with Gasteiger partial charge in [0.2, 0.25) is 0 Å². The highest BCUT2D eigenvalue weighted by atomic mass is 35.5. The van der Waals surface area contributed by atoms with Gasteiger partial charge in [-0.1, -0.05) is 30.3 Å². The molecule has 0 spiro atoms. The van der Waals surface area contributed by atoms with E-state index in [1.165, 1.54) is 6.07 Å². The van der Waals surface area contributed by atoms with Gasteiger partial charge in [-0.25, -0.2) is 0 Å². The second-order valence-corrected chi connectivity index (χ2v) is 6.03. The van der Waals surface area contributed by atoms with E-state index in [0.717, 1.165) is 17.7 Å². The van der Waals surface area contributed by atoms with Crippen molar-refractivity contribution < 1.29 is 13.2 Å². The SMILES string of the molecule is FC(F)(F)c1ccc2c(c1)C(c1ccccc1)=NCc1nnc(CCl)n1-2. The lowest BCUT2D eigenvalue weighted by Gasteiger charge is -2.15. The first kappa shape index (κ1) is 16.8. The monoisotopic (exact) mass is 376 g/mol. The van der Waals surface area contributed by atoms with Gasteiger partial charge in [-0.15, -0.1) is 21.8 Å². The normalized spacial score (nSPS) is 13.6. The Labute approximate surface area is 152 Å². The third kappa shape index (κ3) is 2.78. The zero-order valence-corrected chi connectivity index (χ0v) is 14.1. The molecule has 4 nitrogen and oxygen atoms in total. The third-order valence-corrected chi connectivity index (χ3v) is 4.40. The maximum Gasteiger partial charge on any atom is 0.416 e. The van der Waals surface area contributed by atoms with Crippen molar-refractivity contribution in [3.05, 3.63) is 76.9 Å². The quantitative estimate of drug-likeness (QED) is 0.623. The van der Waals surface area contributed by atoms with Gasteiger partial charge in [0, 0.05) is 11.1 Å². The van der Waals surface area contributed by atoms with E-state index in [-0.39, 0.29) is 12.4 Å². The molecule has 1 aliphatic heterocycles. The smallest absolute Gasteiger partial charge is 0.280 e. The molecule has 4 rings (SSSR count). The molecular weight excluding hydrogens is 365 g/mol. The zero-order valence-electron chi connectivity index (χ0n) is 13.3. The highest BCUT2D eigenvalue weighted by Gasteiger charge is 2.33. The molecule has 0 bridgehead atoms. The summed E-state index contributed by atoms with van der Waals surface area (Å²) in [6.45, 7) is 0.199. The van der Waals surface area contributed by atoms with Crippen LogP contribution in [-0.2, 0) is 18.6 Å². The lowest BCUT2D eigenvalue weighted by atomic mass is 9.98. The highest BCUT2D eigenvalue weighted by molar-refractivity contribution is 6.17. The van der Waals surface area contributed by atoms with Gasteiger partial charge in [0.25, 0.3) is 0 Å². The summed E-state index contributed by atoms with van der Waals surface area (Å²) >= 11 is 5.94. The van der Waals surface area contributed by atoms with Crippen LogP contribution in [0.3, 0.4) is 0 Å². The molecule has 0 radical (unpaired) electrons. The van der Waals surface area contributed by atoms with Crippen LogP contribution in [0.4, 0.5) is 13.2 Å². The lowest BCUT2D eigenvalue weighted by Crippen LogP contribution is -2.12. The summed E-state index contributed by atoms with van der Waals surface area (Å²) in [7, 11) is 0. The predicted molar refractivity (Wildman–Crippen MR) is 91.7 cm³/mol. The molecule has 2 aromatic carbocycles. The average molecular weight is 377 g/mol. The number of rotatable bonds is 2. The Balaban J connectivity index is 2.00. The van der Waals surface area contributed by atoms with Crippen LogP contribution in [0.2, 0.25) is 0 Å². The fraction of sp³-hybridized carbons (Fsp3) is 0.167. The number of nitrogens with zero attached hydrogens (tertiary/aromatic N) is 4. The number of hydrogen-bond acceptors (Lipinski definition) is 3. The molecule has 26 heavy (non-hydrogen) atoms. The molecule has 2 heterocycles. The van der Waals surface area contributed by atoms with Crippen molar-refractivity contribution in [1.82, 2.24) is 14.8 Å². The fourth-order valence-corrected chi connectivity index (χ4v) is 3.17. The van der Waals surface area contributed by atoms with Crippen LogP contribution in [0.15, 0.2) is 53.5 Å². The molecule has 132 valence electrons. The minimum atomic E-state index is -4.45. The number of hydrogen-bond donors (Lipinski definition) is 0. The molecule has 3 aromatic rings. The molecule has 0 unspecified atom stereocenters. The number of benzene rings is 2. The molecule has 1 aliphatic rings. The Morgan fingerprint density at radius 3 is 2.50 bits per heavy atom. The van der Waals surface area contributed by atoms with E-state index in [4.69, 9.17) is 11.6 Å². The standard InChI is InChI=1S/C18H12ClF3N4/c19-9-15-24-25-16-10-23-17(11-4-2-1-3-5-11)13-8-12(18(20,21)22)6-7-14(13)26(15)16/h1-8H,9-10H2. The predicted octanol–water partition coefficient (Wildman–Crippen LogP) is 4.38. The van der Waals surface area contributed by atoms with Crippen LogP contribution in [-0.4, -0.2) is 20.5 Å². The average Bonchev–Trinajstić information content (AvgIpc) is 2.97. The van der Waals surface area contributed by atoms with E-state index in [2.05, 4.69) is 15.2 Å². The Bertz CT molecular complexity index is 993. The van der Waals surface area contributed by atoms with Crippen molar-refractivity contribution in [3.8, 4) is 5.69 Å². The van der Waals surface area contributed by atoms with Crippen molar-refractivity contribution >= 4 is 17.3 Å². The Morgan fingerprint density at radius 1 is 1.04 bits per heavy atom. The molecule has 0 amide bonds. The van der Waals surface area contributed by atoms with Crippen LogP contribution < -0.4 is 0 Å². The molecule has 0 N–H and O–H groups in total. The summed E-state index contributed by atoms with van der Waals surface area (Å²) in [4.78, 5) is 4.53. The third-order valence-electron chi connectivity index (χ3n) is 4.16. The number of halogens is 4. The summed E-state index contributed by atoms with van der Waals surface area (Å²) in [5.74, 6) is 1.09. The van der Waals surface area contributed by atoms with Gasteiger partial charge in [-0.05, 0) is 18.2 Å². The van der Waals surface area contributed by atoms with Gasteiger partial charge in [0.15, 0.2) is 11.6 Å². The Kier molecular flexibility index (Phi) is 4.03. The van der Waals surface area contributed by atoms with Gasteiger partial charge in [0.1, 0.15) is 6.54 Å². The second-order valence-electron chi connectivity index (χ2n) is 5.76. The maximum atomic E-state index is 13.3. The Hall–Kier alpha value is -2.67. The molecule has 0 saturated carbocycles. The molecular formula is C18H12ClF3N4. The van der Waals surface area contributed by atoms with Crippen LogP contribution in [0, 0.1) is 0 Å². The number of fused-ring (bicyclic) bond motifs is 3. The van der Waals surface area contributed by atoms with Gasteiger partial charge in [-0.3, -0.25) is 9.56 Å². The van der Waals surface area contributed by atoms with E-state index < -0.39 is 11.7 Å². The van der Waals surface area contributed by atoms with Crippen molar-refractivity contribution in [2.24, 2.45) is 4.99 Å². The van der Waals surface area contributed by atoms with Crippen molar-refractivity contribution in [1.29, 1.82) is 0 Å². The van der Waals surface area contributed by atoms with E-state index in [0.29, 0.717) is 28.6 Å².